The van der Waals surface area contributed by atoms with Crippen molar-refractivity contribution in [1.82, 2.24) is 0 Å². The Morgan fingerprint density at radius 3 is 2.41 bits per heavy atom. The van der Waals surface area contributed by atoms with Crippen LogP contribution in [0.2, 0.25) is 0 Å². The first-order valence-electron chi connectivity index (χ1n) is 6.51. The highest BCUT2D eigenvalue weighted by molar-refractivity contribution is 14.1. The molecule has 114 valence electrons. The molecule has 2 amide bonds. The van der Waals surface area contributed by atoms with Crippen LogP contribution in [0.3, 0.4) is 0 Å². The van der Waals surface area contributed by atoms with Crippen LogP contribution in [-0.2, 0) is 4.79 Å². The van der Waals surface area contributed by atoms with Gasteiger partial charge in [-0.15, -0.1) is 0 Å². The largest absolute Gasteiger partial charge is 0.325 e. The molecule has 0 radical (unpaired) electrons. The summed E-state index contributed by atoms with van der Waals surface area (Å²) in [6.07, 6.45) is 0. The molecule has 22 heavy (non-hydrogen) atoms. The molecule has 0 spiro atoms. The highest BCUT2D eigenvalue weighted by Gasteiger charge is 2.13. The van der Waals surface area contributed by atoms with E-state index in [1.807, 2.05) is 35.6 Å². The van der Waals surface area contributed by atoms with Crippen molar-refractivity contribution in [3.8, 4) is 0 Å². The number of rotatable bonds is 3. The summed E-state index contributed by atoms with van der Waals surface area (Å²) >= 11 is 1.91. The van der Waals surface area contributed by atoms with E-state index in [0.717, 1.165) is 5.56 Å². The lowest BCUT2D eigenvalue weighted by atomic mass is 10.1. The van der Waals surface area contributed by atoms with Crippen LogP contribution in [0.4, 0.5) is 15.8 Å². The van der Waals surface area contributed by atoms with Gasteiger partial charge in [0.05, 0.1) is 16.9 Å². The van der Waals surface area contributed by atoms with Crippen molar-refractivity contribution in [1.29, 1.82) is 0 Å². The fourth-order valence-electron chi connectivity index (χ4n) is 1.92. The molecule has 0 aliphatic rings. The molecule has 0 heterocycles. The van der Waals surface area contributed by atoms with Gasteiger partial charge in [-0.05, 0) is 65.4 Å². The minimum absolute atomic E-state index is 0.226. The molecular weight excluding hydrogens is 398 g/mol. The van der Waals surface area contributed by atoms with Gasteiger partial charge in [0.2, 0.25) is 5.91 Å². The Balaban J connectivity index is 2.31. The van der Waals surface area contributed by atoms with E-state index in [1.54, 1.807) is 12.1 Å². The number of amides is 2. The number of anilines is 2. The second-order valence-corrected chi connectivity index (χ2v) is 5.97. The van der Waals surface area contributed by atoms with Gasteiger partial charge in [0.1, 0.15) is 5.82 Å². The first kappa shape index (κ1) is 16.4. The standard InChI is InChI=1S/C16H14FIN2O2/c1-9-3-6-14(19-10(2)21)15(7-9)20-16(22)12-5-4-11(17)8-13(12)18/h3-8H,1-2H3,(H,19,21)(H,20,22). The third kappa shape index (κ3) is 4.03. The Morgan fingerprint density at radius 2 is 1.77 bits per heavy atom. The summed E-state index contributed by atoms with van der Waals surface area (Å²) in [5.74, 6) is -0.979. The fraction of sp³-hybridized carbons (Fsp3) is 0.125. The maximum absolute atomic E-state index is 13.1. The van der Waals surface area contributed by atoms with Crippen LogP contribution >= 0.6 is 22.6 Å². The minimum Gasteiger partial charge on any atom is -0.325 e. The van der Waals surface area contributed by atoms with Gasteiger partial charge in [-0.1, -0.05) is 6.07 Å². The van der Waals surface area contributed by atoms with E-state index < -0.39 is 5.82 Å². The van der Waals surface area contributed by atoms with E-state index in [2.05, 4.69) is 10.6 Å². The van der Waals surface area contributed by atoms with Crippen LogP contribution in [0.1, 0.15) is 22.8 Å². The number of carbonyl (C=O) groups is 2. The van der Waals surface area contributed by atoms with Gasteiger partial charge in [0.25, 0.3) is 5.91 Å². The second-order valence-electron chi connectivity index (χ2n) is 4.81. The molecule has 0 aliphatic heterocycles. The van der Waals surface area contributed by atoms with Crippen LogP contribution in [-0.4, -0.2) is 11.8 Å². The summed E-state index contributed by atoms with van der Waals surface area (Å²) in [4.78, 5) is 23.6. The van der Waals surface area contributed by atoms with Crippen LogP contribution in [0, 0.1) is 16.3 Å². The number of benzene rings is 2. The van der Waals surface area contributed by atoms with E-state index in [0.29, 0.717) is 20.5 Å². The van der Waals surface area contributed by atoms with Gasteiger partial charge >= 0.3 is 0 Å². The monoisotopic (exact) mass is 412 g/mol. The van der Waals surface area contributed by atoms with Crippen molar-refractivity contribution in [3.05, 3.63) is 56.9 Å². The fourth-order valence-corrected chi connectivity index (χ4v) is 2.65. The molecule has 0 bridgehead atoms. The zero-order valence-corrected chi connectivity index (χ0v) is 14.2. The first-order valence-corrected chi connectivity index (χ1v) is 7.59. The maximum Gasteiger partial charge on any atom is 0.256 e. The van der Waals surface area contributed by atoms with E-state index in [1.165, 1.54) is 25.1 Å². The molecule has 0 saturated heterocycles. The van der Waals surface area contributed by atoms with E-state index in [9.17, 15) is 14.0 Å². The molecule has 0 atom stereocenters. The predicted octanol–water partition coefficient (Wildman–Crippen LogP) is 3.95. The molecule has 0 aromatic heterocycles. The Hall–Kier alpha value is -1.96. The molecule has 0 saturated carbocycles. The average molecular weight is 412 g/mol. The van der Waals surface area contributed by atoms with E-state index >= 15 is 0 Å². The van der Waals surface area contributed by atoms with Crippen molar-refractivity contribution < 1.29 is 14.0 Å². The molecule has 4 nitrogen and oxygen atoms in total. The van der Waals surface area contributed by atoms with E-state index in [4.69, 9.17) is 0 Å². The molecular formula is C16H14FIN2O2. The quantitative estimate of drug-likeness (QED) is 0.751. The number of aryl methyl sites for hydroxylation is 1. The lowest BCUT2D eigenvalue weighted by Gasteiger charge is -2.13. The minimum atomic E-state index is -0.393. The van der Waals surface area contributed by atoms with Gasteiger partial charge in [-0.25, -0.2) is 4.39 Å². The highest BCUT2D eigenvalue weighted by atomic mass is 127. The van der Waals surface area contributed by atoms with Crippen molar-refractivity contribution in [3.63, 3.8) is 0 Å². The zero-order chi connectivity index (χ0) is 16.3. The third-order valence-electron chi connectivity index (χ3n) is 2.91. The van der Waals surface area contributed by atoms with Crippen LogP contribution in [0.5, 0.6) is 0 Å². The van der Waals surface area contributed by atoms with Crippen LogP contribution in [0.15, 0.2) is 36.4 Å². The molecule has 6 heteroatoms. The normalized spacial score (nSPS) is 10.2. The average Bonchev–Trinajstić information content (AvgIpc) is 2.41. The van der Waals surface area contributed by atoms with E-state index in [-0.39, 0.29) is 11.8 Å². The SMILES string of the molecule is CC(=O)Nc1ccc(C)cc1NC(=O)c1ccc(F)cc1I. The van der Waals surface area contributed by atoms with Crippen LogP contribution in [0.25, 0.3) is 0 Å². The highest BCUT2D eigenvalue weighted by Crippen LogP contribution is 2.24. The number of carbonyl (C=O) groups excluding carboxylic acids is 2. The summed E-state index contributed by atoms with van der Waals surface area (Å²) < 4.78 is 13.6. The van der Waals surface area contributed by atoms with Gasteiger partial charge in [0.15, 0.2) is 0 Å². The number of hydrogen-bond acceptors (Lipinski definition) is 2. The number of hydrogen-bond donors (Lipinski definition) is 2. The predicted molar refractivity (Wildman–Crippen MR) is 92.6 cm³/mol. The summed E-state index contributed by atoms with van der Waals surface area (Å²) in [6.45, 7) is 3.28. The summed E-state index contributed by atoms with van der Waals surface area (Å²) in [5, 5.41) is 5.42. The Kier molecular flexibility index (Phi) is 5.12. The lowest BCUT2D eigenvalue weighted by Crippen LogP contribution is -2.16. The number of halogens is 2. The molecule has 0 unspecified atom stereocenters. The topological polar surface area (TPSA) is 58.2 Å². The molecule has 2 aromatic rings. The molecule has 0 aliphatic carbocycles. The smallest absolute Gasteiger partial charge is 0.256 e. The molecule has 2 aromatic carbocycles. The molecule has 2 N–H and O–H groups in total. The maximum atomic E-state index is 13.1. The third-order valence-corrected chi connectivity index (χ3v) is 3.80. The van der Waals surface area contributed by atoms with Crippen molar-refractivity contribution in [2.24, 2.45) is 0 Å². The summed E-state index contributed by atoms with van der Waals surface area (Å²) in [7, 11) is 0. The zero-order valence-electron chi connectivity index (χ0n) is 12.0. The van der Waals surface area contributed by atoms with Gasteiger partial charge in [-0.3, -0.25) is 9.59 Å². The second kappa shape index (κ2) is 6.87. The number of nitrogens with one attached hydrogen (secondary N) is 2. The molecule has 2 rings (SSSR count). The lowest BCUT2D eigenvalue weighted by molar-refractivity contribution is -0.114. The van der Waals surface area contributed by atoms with Gasteiger partial charge in [0, 0.05) is 10.5 Å². The van der Waals surface area contributed by atoms with Crippen molar-refractivity contribution in [2.75, 3.05) is 10.6 Å². The Bertz CT molecular complexity index is 747. The first-order chi connectivity index (χ1) is 10.4. The summed E-state index contributed by atoms with van der Waals surface area (Å²) in [6, 6.07) is 9.28. The van der Waals surface area contributed by atoms with Crippen molar-refractivity contribution in [2.45, 2.75) is 13.8 Å². The Morgan fingerprint density at radius 1 is 1.05 bits per heavy atom. The summed E-state index contributed by atoms with van der Waals surface area (Å²) in [5.41, 5.74) is 2.33. The van der Waals surface area contributed by atoms with Gasteiger partial charge in [-0.2, -0.15) is 0 Å². The van der Waals surface area contributed by atoms with Gasteiger partial charge < -0.3 is 10.6 Å². The molecule has 0 fully saturated rings. The Labute approximate surface area is 141 Å². The van der Waals surface area contributed by atoms with Crippen molar-refractivity contribution >= 4 is 45.8 Å². The van der Waals surface area contributed by atoms with Crippen LogP contribution < -0.4 is 10.6 Å².